The van der Waals surface area contributed by atoms with E-state index in [1.165, 1.54) is 10.6 Å². The average Bonchev–Trinajstić information content (AvgIpc) is 2.99. The predicted molar refractivity (Wildman–Crippen MR) is 124 cm³/mol. The van der Waals surface area contributed by atoms with Crippen LogP contribution in [0.5, 0.6) is 0 Å². The first-order valence-electron chi connectivity index (χ1n) is 10.9. The van der Waals surface area contributed by atoms with Crippen molar-refractivity contribution in [3.63, 3.8) is 0 Å². The summed E-state index contributed by atoms with van der Waals surface area (Å²) < 4.78 is 0. The van der Waals surface area contributed by atoms with Crippen molar-refractivity contribution in [2.24, 2.45) is 0 Å². The lowest BCUT2D eigenvalue weighted by molar-refractivity contribution is -0.124. The van der Waals surface area contributed by atoms with Crippen molar-refractivity contribution in [1.82, 2.24) is 9.80 Å². The van der Waals surface area contributed by atoms with Gasteiger partial charge in [0.1, 0.15) is 0 Å². The topological polar surface area (TPSA) is 43.9 Å². The van der Waals surface area contributed by atoms with Crippen molar-refractivity contribution in [3.8, 4) is 0 Å². The van der Waals surface area contributed by atoms with Gasteiger partial charge in [0.2, 0.25) is 0 Å². The molecule has 0 radical (unpaired) electrons. The maximum Gasteiger partial charge on any atom is 0.294 e. The predicted octanol–water partition coefficient (Wildman–Crippen LogP) is 5.43. The molecule has 1 aliphatic heterocycles. The molecule has 5 nitrogen and oxygen atoms in total. The van der Waals surface area contributed by atoms with Crippen LogP contribution in [0.3, 0.4) is 0 Å². The fourth-order valence-electron chi connectivity index (χ4n) is 3.36. The minimum Gasteiger partial charge on any atom is -0.372 e. The maximum atomic E-state index is 12.9. The molecule has 0 aromatic heterocycles. The number of thioether (sulfide) groups is 1. The summed E-state index contributed by atoms with van der Waals surface area (Å²) in [6.07, 6.45) is 6.20. The Hall–Kier alpha value is -1.79. The number of carbonyl (C=O) groups is 2. The lowest BCUT2D eigenvalue weighted by Crippen LogP contribution is -2.41. The fraction of sp³-hybridized carbons (Fsp3) is 0.565. The minimum absolute atomic E-state index is 0.168. The van der Waals surface area contributed by atoms with Gasteiger partial charge in [0.25, 0.3) is 11.1 Å². The number of imide groups is 1. The third-order valence-corrected chi connectivity index (χ3v) is 6.10. The Bertz CT molecular complexity index is 691. The van der Waals surface area contributed by atoms with Gasteiger partial charge >= 0.3 is 0 Å². The number of benzene rings is 1. The van der Waals surface area contributed by atoms with Gasteiger partial charge in [-0.15, -0.1) is 0 Å². The first kappa shape index (κ1) is 23.5. The summed E-state index contributed by atoms with van der Waals surface area (Å²) in [5.41, 5.74) is 2.11. The van der Waals surface area contributed by atoms with Crippen LogP contribution >= 0.6 is 11.8 Å². The normalized spacial score (nSPS) is 15.8. The lowest BCUT2D eigenvalue weighted by Gasteiger charge is -2.26. The second-order valence-electron chi connectivity index (χ2n) is 7.34. The van der Waals surface area contributed by atoms with Crippen LogP contribution in [0.15, 0.2) is 29.2 Å². The summed E-state index contributed by atoms with van der Waals surface area (Å²) >= 11 is 1.05. The van der Waals surface area contributed by atoms with Crippen LogP contribution in [0.4, 0.5) is 10.5 Å². The zero-order valence-electron chi connectivity index (χ0n) is 18.3. The number of nitrogens with zero attached hydrogens (tertiary/aromatic N) is 3. The van der Waals surface area contributed by atoms with E-state index in [0.717, 1.165) is 69.2 Å². The maximum absolute atomic E-state index is 12.9. The molecular weight excluding hydrogens is 382 g/mol. The molecule has 0 unspecified atom stereocenters. The van der Waals surface area contributed by atoms with Crippen LogP contribution in [-0.4, -0.2) is 53.8 Å². The summed E-state index contributed by atoms with van der Waals surface area (Å²) in [7, 11) is 0. The number of unbranched alkanes of at least 4 members (excludes halogenated alkanes) is 2. The number of carbonyl (C=O) groups excluding carboxylic acids is 2. The summed E-state index contributed by atoms with van der Waals surface area (Å²) in [6.45, 7) is 12.7. The Morgan fingerprint density at radius 1 is 0.931 bits per heavy atom. The molecule has 1 fully saturated rings. The van der Waals surface area contributed by atoms with Crippen molar-refractivity contribution in [3.05, 3.63) is 34.7 Å². The largest absolute Gasteiger partial charge is 0.372 e. The second-order valence-corrected chi connectivity index (χ2v) is 8.33. The van der Waals surface area contributed by atoms with E-state index in [1.54, 1.807) is 0 Å². The Balaban J connectivity index is 2.08. The first-order valence-corrected chi connectivity index (χ1v) is 11.7. The number of amides is 2. The monoisotopic (exact) mass is 417 g/mol. The van der Waals surface area contributed by atoms with E-state index in [0.29, 0.717) is 11.6 Å². The molecule has 6 heteroatoms. The van der Waals surface area contributed by atoms with Crippen LogP contribution in [0.1, 0.15) is 58.9 Å². The lowest BCUT2D eigenvalue weighted by atomic mass is 10.1. The highest BCUT2D eigenvalue weighted by Gasteiger charge is 2.35. The van der Waals surface area contributed by atoms with E-state index in [-0.39, 0.29) is 11.1 Å². The molecule has 0 N–H and O–H groups in total. The van der Waals surface area contributed by atoms with E-state index in [4.69, 9.17) is 0 Å². The molecule has 0 spiro atoms. The third kappa shape index (κ3) is 6.61. The highest BCUT2D eigenvalue weighted by Crippen LogP contribution is 2.32. The van der Waals surface area contributed by atoms with Crippen molar-refractivity contribution >= 4 is 34.7 Å². The number of anilines is 1. The van der Waals surface area contributed by atoms with E-state index in [2.05, 4.69) is 49.6 Å². The van der Waals surface area contributed by atoms with Crippen LogP contribution < -0.4 is 4.90 Å². The molecule has 0 atom stereocenters. The average molecular weight is 418 g/mol. The quantitative estimate of drug-likeness (QED) is 0.424. The molecule has 29 heavy (non-hydrogen) atoms. The molecule has 1 aromatic rings. The molecule has 1 heterocycles. The van der Waals surface area contributed by atoms with Crippen molar-refractivity contribution in [2.45, 2.75) is 53.4 Å². The smallest absolute Gasteiger partial charge is 0.294 e. The molecule has 1 aromatic carbocycles. The van der Waals surface area contributed by atoms with Crippen LogP contribution in [0.2, 0.25) is 0 Å². The van der Waals surface area contributed by atoms with Crippen molar-refractivity contribution in [2.75, 3.05) is 37.7 Å². The SMILES string of the molecule is CCCCN(CCCC)CN1C(=O)SC(=Cc2ccc(N(CC)CC)cc2)C1=O. The van der Waals surface area contributed by atoms with Gasteiger partial charge in [0, 0.05) is 18.8 Å². The van der Waals surface area contributed by atoms with Gasteiger partial charge < -0.3 is 4.90 Å². The van der Waals surface area contributed by atoms with Gasteiger partial charge in [0.15, 0.2) is 0 Å². The summed E-state index contributed by atoms with van der Waals surface area (Å²) in [6, 6.07) is 8.16. The standard InChI is InChI=1S/C23H35N3O2S/c1-5-9-15-24(16-10-6-2)18-26-22(27)21(29-23(26)28)17-19-11-13-20(14-12-19)25(7-3)8-4/h11-14,17H,5-10,15-16,18H2,1-4H3. The Morgan fingerprint density at radius 3 is 2.03 bits per heavy atom. The number of hydrogen-bond acceptors (Lipinski definition) is 5. The van der Waals surface area contributed by atoms with E-state index < -0.39 is 0 Å². The van der Waals surface area contributed by atoms with Gasteiger partial charge in [-0.05, 0) is 75.3 Å². The van der Waals surface area contributed by atoms with Gasteiger partial charge in [-0.1, -0.05) is 38.8 Å². The molecule has 1 saturated heterocycles. The Morgan fingerprint density at radius 2 is 1.52 bits per heavy atom. The fourth-order valence-corrected chi connectivity index (χ4v) is 4.19. The molecular formula is C23H35N3O2S. The highest BCUT2D eigenvalue weighted by atomic mass is 32.2. The van der Waals surface area contributed by atoms with Crippen molar-refractivity contribution < 1.29 is 9.59 Å². The number of rotatable bonds is 12. The molecule has 0 saturated carbocycles. The Kier molecular flexibility index (Phi) is 9.74. The molecule has 160 valence electrons. The third-order valence-electron chi connectivity index (χ3n) is 5.19. The van der Waals surface area contributed by atoms with Crippen LogP contribution in [0.25, 0.3) is 6.08 Å². The minimum atomic E-state index is -0.175. The van der Waals surface area contributed by atoms with Gasteiger partial charge in [-0.25, -0.2) is 0 Å². The van der Waals surface area contributed by atoms with Gasteiger partial charge in [-0.3, -0.25) is 19.4 Å². The first-order chi connectivity index (χ1) is 14.0. The molecule has 2 rings (SSSR count). The summed E-state index contributed by atoms with van der Waals surface area (Å²) in [5.74, 6) is -0.175. The number of hydrogen-bond donors (Lipinski definition) is 0. The molecule has 0 bridgehead atoms. The van der Waals surface area contributed by atoms with E-state index in [9.17, 15) is 9.59 Å². The van der Waals surface area contributed by atoms with Crippen LogP contribution in [-0.2, 0) is 4.79 Å². The molecule has 0 aliphatic carbocycles. The molecule has 1 aliphatic rings. The zero-order valence-corrected chi connectivity index (χ0v) is 19.1. The second kappa shape index (κ2) is 12.0. The van der Waals surface area contributed by atoms with Crippen LogP contribution in [0, 0.1) is 0 Å². The van der Waals surface area contributed by atoms with E-state index >= 15 is 0 Å². The van der Waals surface area contributed by atoms with Gasteiger partial charge in [0.05, 0.1) is 11.6 Å². The van der Waals surface area contributed by atoms with Gasteiger partial charge in [-0.2, -0.15) is 0 Å². The summed E-state index contributed by atoms with van der Waals surface area (Å²) in [5, 5.41) is -0.168. The van der Waals surface area contributed by atoms with E-state index in [1.807, 2.05) is 18.2 Å². The summed E-state index contributed by atoms with van der Waals surface area (Å²) in [4.78, 5) is 31.7. The van der Waals surface area contributed by atoms with Crippen molar-refractivity contribution in [1.29, 1.82) is 0 Å². The molecule has 2 amide bonds. The highest BCUT2D eigenvalue weighted by molar-refractivity contribution is 8.18. The Labute approximate surface area is 180 Å². The zero-order chi connectivity index (χ0) is 21.2.